The van der Waals surface area contributed by atoms with E-state index < -0.39 is 17.9 Å². The second-order valence-electron chi connectivity index (χ2n) is 20.1. The number of Topliss-reactive ketones (excluding diaryl/α,β-unsaturated/α-hetero) is 5. The van der Waals surface area contributed by atoms with E-state index in [1.165, 1.54) is 6.07 Å². The number of hydrogen-bond donors (Lipinski definition) is 5. The van der Waals surface area contributed by atoms with E-state index in [2.05, 4.69) is 35.9 Å². The molecule has 0 aliphatic rings. The molecule has 23 heteroatoms. The number of imidazole rings is 2. The van der Waals surface area contributed by atoms with Gasteiger partial charge in [-0.3, -0.25) is 38.4 Å². The Balaban J connectivity index is 0.728. The lowest BCUT2D eigenvalue weighted by Crippen LogP contribution is -2.36. The van der Waals surface area contributed by atoms with Gasteiger partial charge in [0.05, 0.1) is 51.4 Å². The molecule has 3 amide bonds. The van der Waals surface area contributed by atoms with Crippen molar-refractivity contribution in [3.63, 3.8) is 0 Å². The number of carbonyl (C=O) groups excluding carboxylic acids is 8. The van der Waals surface area contributed by atoms with Crippen LogP contribution in [0.15, 0.2) is 98.1 Å². The van der Waals surface area contributed by atoms with Crippen LogP contribution in [-0.2, 0) is 79.8 Å². The topological polar surface area (TPSA) is 288 Å². The van der Waals surface area contributed by atoms with Crippen molar-refractivity contribution in [2.45, 2.75) is 51.5 Å². The van der Waals surface area contributed by atoms with Gasteiger partial charge < -0.3 is 58.6 Å². The normalized spacial score (nSPS) is 11.8. The number of nitrogens with one attached hydrogen (secondary N) is 4. The van der Waals surface area contributed by atoms with Crippen molar-refractivity contribution in [1.82, 2.24) is 57.2 Å². The van der Waals surface area contributed by atoms with Gasteiger partial charge in [0.15, 0.2) is 46.2 Å². The molecule has 0 fully saturated rings. The lowest BCUT2D eigenvalue weighted by atomic mass is 10.0. The first-order chi connectivity index (χ1) is 38.1. The summed E-state index contributed by atoms with van der Waals surface area (Å²) >= 11 is 0. The number of fused-ring (bicyclic) bond motifs is 1. The van der Waals surface area contributed by atoms with Crippen LogP contribution in [-0.4, -0.2) is 111 Å². The number of aryl methyl sites for hydroxylation is 7. The zero-order chi connectivity index (χ0) is 57.3. The average molecular weight is 1080 g/mol. The third-order valence-electron chi connectivity index (χ3n) is 13.9. The molecule has 412 valence electrons. The molecule has 9 aromatic rings. The Morgan fingerprint density at radius 2 is 1.05 bits per heavy atom. The van der Waals surface area contributed by atoms with Gasteiger partial charge in [-0.2, -0.15) is 0 Å². The number of nitrogens with two attached hydrogens (primary N) is 1. The Morgan fingerprint density at radius 3 is 1.59 bits per heavy atom. The molecule has 9 heterocycles. The van der Waals surface area contributed by atoms with E-state index in [-0.39, 0.29) is 90.7 Å². The molecule has 0 aliphatic heterocycles. The van der Waals surface area contributed by atoms with Crippen LogP contribution in [0.4, 0.5) is 11.4 Å². The van der Waals surface area contributed by atoms with Crippen LogP contribution in [0.5, 0.6) is 0 Å². The Bertz CT molecular complexity index is 3940. The molecule has 23 nitrogen and oxygen atoms in total. The summed E-state index contributed by atoms with van der Waals surface area (Å²) in [4.78, 5) is 122. The predicted molar refractivity (Wildman–Crippen MR) is 297 cm³/mol. The second kappa shape index (κ2) is 22.7. The first-order valence-corrected chi connectivity index (χ1v) is 25.7. The minimum atomic E-state index is -0.909. The summed E-state index contributed by atoms with van der Waals surface area (Å²) in [6.45, 7) is 1.88. The molecule has 0 unspecified atom stereocenters. The van der Waals surface area contributed by atoms with Crippen LogP contribution in [0, 0.1) is 0 Å². The summed E-state index contributed by atoms with van der Waals surface area (Å²) in [6, 6.07) is 12.4. The van der Waals surface area contributed by atoms with Gasteiger partial charge in [-0.1, -0.05) is 6.92 Å². The number of rotatable bonds is 23. The highest BCUT2D eigenvalue weighted by atomic mass is 16.2. The van der Waals surface area contributed by atoms with Gasteiger partial charge in [0.2, 0.25) is 0 Å². The van der Waals surface area contributed by atoms with Crippen molar-refractivity contribution < 1.29 is 38.4 Å². The van der Waals surface area contributed by atoms with Crippen molar-refractivity contribution in [3.05, 3.63) is 160 Å². The van der Waals surface area contributed by atoms with Crippen LogP contribution in [0.25, 0.3) is 22.7 Å². The Kier molecular flexibility index (Phi) is 15.6. The molecule has 80 heavy (non-hydrogen) atoms. The maximum Gasteiger partial charge on any atom is 0.291 e. The number of pyridine rings is 1. The number of nitrogens with zero attached hydrogens (tertiary/aromatic N) is 10. The van der Waals surface area contributed by atoms with Gasteiger partial charge in [0.25, 0.3) is 17.7 Å². The van der Waals surface area contributed by atoms with Crippen molar-refractivity contribution in [2.75, 3.05) is 17.2 Å². The number of anilines is 2. The molecule has 0 aliphatic carbocycles. The Morgan fingerprint density at radius 1 is 0.550 bits per heavy atom. The number of hydrogen-bond acceptors (Lipinski definition) is 12. The van der Waals surface area contributed by atoms with Crippen molar-refractivity contribution in [3.8, 4) is 11.5 Å². The zero-order valence-corrected chi connectivity index (χ0v) is 45.6. The average Bonchev–Trinajstić information content (AvgIpc) is 4.33. The first kappa shape index (κ1) is 55.0. The number of ketones is 5. The predicted octanol–water partition coefficient (Wildman–Crippen LogP) is 5.02. The minimum Gasteiger partial charge on any atom is -0.351 e. The molecule has 1 atom stereocenters. The SMILES string of the molecule is CCC(=O)c1cc(CC(=O)c2cc(CC(=O)c3cc(CC(=O)c4cc(CC(=O)[C@H](N)CCNC(=O)c5cc(NC(=O)c6ccc7[nH]c(-c8cc(NC(=O)c9nccn9C)cn8C)nc7n6)cn5C)cn4C)cn3C)cn2C)cn1C. The van der Waals surface area contributed by atoms with E-state index in [0.29, 0.717) is 79.9 Å². The summed E-state index contributed by atoms with van der Waals surface area (Å²) in [7, 11) is 12.2. The Hall–Kier alpha value is -9.77. The van der Waals surface area contributed by atoms with E-state index in [4.69, 9.17) is 5.73 Å². The third kappa shape index (κ3) is 11.9. The van der Waals surface area contributed by atoms with Crippen molar-refractivity contribution >= 4 is 69.2 Å². The maximum absolute atomic E-state index is 13.6. The quantitative estimate of drug-likeness (QED) is 0.0528. The van der Waals surface area contributed by atoms with Gasteiger partial charge >= 0.3 is 0 Å². The standard InChI is InChI=1S/C57H61N15O8/c1-9-47(73)41-16-33(27-67(41)3)21-49(75)43-18-35(29-69(43)5)23-51(77)44-19-34(28-70(44)6)22-50(76)42-17-32(26-68(42)4)20-48(74)38(58)12-13-60-56(79)46-25-37(31-72(46)8)61-55(78)40-11-10-39-52(64-40)65-53(63-39)45-24-36(30-71(45)7)62-57(80)54-59-14-15-66(54)2/h10-11,14-19,24-31,38H,9,12-13,20-23,58H2,1-8H3,(H,60,79)(H,61,78)(H,62,80)(H,63,64,65)/t38-/m1/s1. The summed E-state index contributed by atoms with van der Waals surface area (Å²) in [6.07, 6.45) is 14.2. The van der Waals surface area contributed by atoms with Gasteiger partial charge in [-0.05, 0) is 77.2 Å². The molecule has 0 saturated heterocycles. The van der Waals surface area contributed by atoms with Gasteiger partial charge in [0.1, 0.15) is 11.4 Å². The van der Waals surface area contributed by atoms with Crippen molar-refractivity contribution in [1.29, 1.82) is 0 Å². The largest absolute Gasteiger partial charge is 0.351 e. The first-order valence-electron chi connectivity index (χ1n) is 25.7. The highest BCUT2D eigenvalue weighted by molar-refractivity contribution is 6.05. The molecule has 0 radical (unpaired) electrons. The monoisotopic (exact) mass is 1080 g/mol. The highest BCUT2D eigenvalue weighted by Gasteiger charge is 2.24. The molecule has 0 aromatic carbocycles. The van der Waals surface area contributed by atoms with E-state index in [9.17, 15) is 38.4 Å². The molecule has 9 rings (SSSR count). The lowest BCUT2D eigenvalue weighted by molar-refractivity contribution is -0.119. The summed E-state index contributed by atoms with van der Waals surface area (Å²) in [5, 5.41) is 8.42. The van der Waals surface area contributed by atoms with Crippen LogP contribution < -0.4 is 21.7 Å². The molecular formula is C57H61N15O8. The van der Waals surface area contributed by atoms with E-state index >= 15 is 0 Å². The molecule has 0 bridgehead atoms. The number of carbonyl (C=O) groups is 8. The molecular weight excluding hydrogens is 1020 g/mol. The second-order valence-corrected chi connectivity index (χ2v) is 20.1. The molecule has 0 saturated carbocycles. The Labute approximate surface area is 458 Å². The maximum atomic E-state index is 13.6. The number of aromatic nitrogens is 11. The lowest BCUT2D eigenvalue weighted by Gasteiger charge is -2.11. The van der Waals surface area contributed by atoms with Crippen LogP contribution >= 0.6 is 0 Å². The van der Waals surface area contributed by atoms with Gasteiger partial charge in [0, 0.05) is 138 Å². The zero-order valence-electron chi connectivity index (χ0n) is 45.6. The molecule has 6 N–H and O–H groups in total. The fraction of sp³-hybridized carbons (Fsp3) is 0.281. The van der Waals surface area contributed by atoms with E-state index in [1.807, 2.05) is 7.05 Å². The third-order valence-corrected chi connectivity index (χ3v) is 13.9. The number of amides is 3. The minimum absolute atomic E-state index is 0.00250. The summed E-state index contributed by atoms with van der Waals surface area (Å²) in [5.41, 5.74) is 13.5. The fourth-order valence-corrected chi connectivity index (χ4v) is 9.80. The van der Waals surface area contributed by atoms with Gasteiger partial charge in [-0.15, -0.1) is 0 Å². The van der Waals surface area contributed by atoms with Crippen LogP contribution in [0.1, 0.15) is 116 Å². The molecule has 0 spiro atoms. The number of aromatic amines is 1. The van der Waals surface area contributed by atoms with E-state index in [1.54, 1.807) is 173 Å². The van der Waals surface area contributed by atoms with Crippen LogP contribution in [0.2, 0.25) is 0 Å². The molecule has 9 aromatic heterocycles. The summed E-state index contributed by atoms with van der Waals surface area (Å²) < 4.78 is 11.7. The highest BCUT2D eigenvalue weighted by Crippen LogP contribution is 2.26. The fourth-order valence-electron chi connectivity index (χ4n) is 9.80. The van der Waals surface area contributed by atoms with Crippen LogP contribution in [0.3, 0.4) is 0 Å². The van der Waals surface area contributed by atoms with Gasteiger partial charge in [-0.25, -0.2) is 15.0 Å². The van der Waals surface area contributed by atoms with E-state index in [0.717, 1.165) is 5.56 Å². The number of H-pyrrole nitrogens is 1. The van der Waals surface area contributed by atoms with Crippen molar-refractivity contribution in [2.24, 2.45) is 55.1 Å². The smallest absolute Gasteiger partial charge is 0.291 e. The summed E-state index contributed by atoms with van der Waals surface area (Å²) in [5.74, 6) is -1.43.